The lowest BCUT2D eigenvalue weighted by atomic mass is 9.96. The Morgan fingerprint density at radius 3 is 2.54 bits per heavy atom. The first-order valence-corrected chi connectivity index (χ1v) is 8.65. The minimum atomic E-state index is -3.93. The van der Waals surface area contributed by atoms with Crippen LogP contribution < -0.4 is 10.0 Å². The number of carbonyl (C=O) groups excluding carboxylic acids is 1. The number of hydrogen-bond acceptors (Lipinski definition) is 3. The van der Waals surface area contributed by atoms with Crippen molar-refractivity contribution in [2.75, 3.05) is 11.4 Å². The van der Waals surface area contributed by atoms with Crippen LogP contribution in [0.1, 0.15) is 15.9 Å². The van der Waals surface area contributed by atoms with Gasteiger partial charge in [0, 0.05) is 11.3 Å². The van der Waals surface area contributed by atoms with E-state index >= 15 is 0 Å². The molecule has 0 saturated heterocycles. The number of benzene rings is 2. The second kappa shape index (κ2) is 6.20. The summed E-state index contributed by atoms with van der Waals surface area (Å²) < 4.78 is 52.7. The molecule has 0 aliphatic carbocycles. The van der Waals surface area contributed by atoms with Gasteiger partial charge < -0.3 is 5.32 Å². The molecule has 5 nitrogen and oxygen atoms in total. The Hall–Kier alpha value is -2.48. The van der Waals surface area contributed by atoms with Gasteiger partial charge in [0.1, 0.15) is 12.5 Å². The lowest BCUT2D eigenvalue weighted by Gasteiger charge is -2.23. The minimum absolute atomic E-state index is 0.0978. The van der Waals surface area contributed by atoms with E-state index in [-0.39, 0.29) is 16.1 Å². The lowest BCUT2D eigenvalue weighted by molar-refractivity contribution is 0.0917. The summed E-state index contributed by atoms with van der Waals surface area (Å²) in [6.45, 7) is -0.683. The molecule has 126 valence electrons. The van der Waals surface area contributed by atoms with E-state index in [1.807, 2.05) is 0 Å². The van der Waals surface area contributed by atoms with E-state index in [1.54, 1.807) is 0 Å². The number of fused-ring (bicyclic) bond motifs is 1. The molecule has 0 bridgehead atoms. The van der Waals surface area contributed by atoms with Gasteiger partial charge in [0.25, 0.3) is 15.9 Å². The third kappa shape index (κ3) is 3.23. The van der Waals surface area contributed by atoms with Crippen molar-refractivity contribution in [3.05, 3.63) is 59.4 Å². The summed E-state index contributed by atoms with van der Waals surface area (Å²) in [4.78, 5) is 11.9. The Morgan fingerprint density at radius 2 is 1.88 bits per heavy atom. The Morgan fingerprint density at radius 1 is 1.17 bits per heavy atom. The normalized spacial score (nSPS) is 17.1. The topological polar surface area (TPSA) is 75.3 Å². The van der Waals surface area contributed by atoms with E-state index in [0.717, 1.165) is 12.1 Å². The summed E-state index contributed by atoms with van der Waals surface area (Å²) in [7, 11) is -3.93. The van der Waals surface area contributed by atoms with Gasteiger partial charge in [-0.25, -0.2) is 17.2 Å². The van der Waals surface area contributed by atoms with E-state index in [2.05, 4.69) is 10.0 Å². The smallest absolute Gasteiger partial charge is 0.261 e. The molecule has 1 aliphatic heterocycles. The third-order valence-electron chi connectivity index (χ3n) is 3.72. The van der Waals surface area contributed by atoms with E-state index in [4.69, 9.17) is 0 Å². The highest BCUT2D eigenvalue weighted by Gasteiger charge is 2.26. The highest BCUT2D eigenvalue weighted by Crippen LogP contribution is 2.23. The Kier molecular flexibility index (Phi) is 4.23. The average Bonchev–Trinajstić information content (AvgIpc) is 2.56. The van der Waals surface area contributed by atoms with E-state index in [1.165, 1.54) is 30.3 Å². The van der Waals surface area contributed by atoms with Gasteiger partial charge >= 0.3 is 0 Å². The molecule has 0 aromatic heterocycles. The van der Waals surface area contributed by atoms with Crippen LogP contribution in [0.25, 0.3) is 0 Å². The molecule has 1 unspecified atom stereocenters. The van der Waals surface area contributed by atoms with Crippen molar-refractivity contribution in [2.24, 2.45) is 0 Å². The first-order chi connectivity index (χ1) is 11.4. The molecule has 0 saturated carbocycles. The summed E-state index contributed by atoms with van der Waals surface area (Å²) in [6.07, 6.45) is 0.309. The number of amides is 1. The van der Waals surface area contributed by atoms with Crippen molar-refractivity contribution in [2.45, 2.75) is 17.4 Å². The van der Waals surface area contributed by atoms with Gasteiger partial charge in [0.2, 0.25) is 0 Å². The van der Waals surface area contributed by atoms with Crippen molar-refractivity contribution < 1.29 is 22.0 Å². The van der Waals surface area contributed by atoms with E-state index in [0.29, 0.717) is 12.0 Å². The number of halogens is 2. The molecule has 3 rings (SSSR count). The van der Waals surface area contributed by atoms with E-state index in [9.17, 15) is 22.0 Å². The highest BCUT2D eigenvalue weighted by molar-refractivity contribution is 7.92. The molecule has 1 aliphatic rings. The molecule has 2 aromatic rings. The predicted octanol–water partition coefficient (Wildman–Crippen LogP) is 2.25. The van der Waals surface area contributed by atoms with Gasteiger partial charge in [-0.3, -0.25) is 9.52 Å². The summed E-state index contributed by atoms with van der Waals surface area (Å²) in [5.41, 5.74) is 1.01. The molecule has 0 fully saturated rings. The maximum Gasteiger partial charge on any atom is 0.261 e. The number of carbonyl (C=O) groups is 1. The van der Waals surface area contributed by atoms with Crippen molar-refractivity contribution in [1.29, 1.82) is 0 Å². The minimum Gasteiger partial charge on any atom is -0.346 e. The molecule has 1 amide bonds. The maximum absolute atomic E-state index is 12.9. The van der Waals surface area contributed by atoms with Gasteiger partial charge in [-0.1, -0.05) is 6.07 Å². The summed E-state index contributed by atoms with van der Waals surface area (Å²) in [5, 5.41) is 2.49. The largest absolute Gasteiger partial charge is 0.346 e. The highest BCUT2D eigenvalue weighted by atomic mass is 32.2. The van der Waals surface area contributed by atoms with Crippen LogP contribution in [0, 0.1) is 5.82 Å². The molecular weight excluding hydrogens is 338 g/mol. The summed E-state index contributed by atoms with van der Waals surface area (Å²) in [6, 6.07) is 8.39. The summed E-state index contributed by atoms with van der Waals surface area (Å²) in [5.74, 6) is -0.983. The van der Waals surface area contributed by atoms with Crippen molar-refractivity contribution in [1.82, 2.24) is 5.32 Å². The summed E-state index contributed by atoms with van der Waals surface area (Å²) >= 11 is 0. The molecule has 2 N–H and O–H groups in total. The van der Waals surface area contributed by atoms with Crippen LogP contribution in [0.4, 0.5) is 14.5 Å². The molecule has 8 heteroatoms. The molecule has 1 atom stereocenters. The molecule has 24 heavy (non-hydrogen) atoms. The van der Waals surface area contributed by atoms with Crippen LogP contribution in [0.5, 0.6) is 0 Å². The molecule has 0 radical (unpaired) electrons. The van der Waals surface area contributed by atoms with Crippen LogP contribution in [-0.2, 0) is 16.4 Å². The molecule has 0 spiro atoms. The van der Waals surface area contributed by atoms with Crippen LogP contribution in [-0.4, -0.2) is 27.0 Å². The number of anilines is 1. The zero-order valence-corrected chi connectivity index (χ0v) is 13.2. The second-order valence-electron chi connectivity index (χ2n) is 5.46. The van der Waals surface area contributed by atoms with Crippen LogP contribution in [0.2, 0.25) is 0 Å². The fourth-order valence-corrected chi connectivity index (χ4v) is 3.60. The standard InChI is InChI=1S/C16H14F2N2O3S/c17-9-13-7-10-1-6-14(8-15(10)16(21)19-13)24(22,23)20-12-4-2-11(18)3-5-12/h1-6,8,13,20H,7,9H2,(H,19,21). The number of rotatable bonds is 4. The van der Waals surface area contributed by atoms with Crippen molar-refractivity contribution in [3.8, 4) is 0 Å². The van der Waals surface area contributed by atoms with Crippen molar-refractivity contribution in [3.63, 3.8) is 0 Å². The van der Waals surface area contributed by atoms with Gasteiger partial charge in [0.05, 0.1) is 10.9 Å². The Balaban J connectivity index is 1.91. The fourth-order valence-electron chi connectivity index (χ4n) is 2.52. The van der Waals surface area contributed by atoms with Gasteiger partial charge in [0.15, 0.2) is 0 Å². The number of alkyl halides is 1. The zero-order chi connectivity index (χ0) is 17.3. The Labute approximate surface area is 137 Å². The zero-order valence-electron chi connectivity index (χ0n) is 12.4. The first-order valence-electron chi connectivity index (χ1n) is 7.17. The van der Waals surface area contributed by atoms with Gasteiger partial charge in [-0.2, -0.15) is 0 Å². The Bertz CT molecular complexity index is 883. The first kappa shape index (κ1) is 16.4. The van der Waals surface area contributed by atoms with Crippen LogP contribution >= 0.6 is 0 Å². The SMILES string of the molecule is O=C1NC(CF)Cc2ccc(S(=O)(=O)Nc3ccc(F)cc3)cc21. The lowest BCUT2D eigenvalue weighted by Crippen LogP contribution is -2.42. The third-order valence-corrected chi connectivity index (χ3v) is 5.10. The fraction of sp³-hybridized carbons (Fsp3) is 0.188. The monoisotopic (exact) mass is 352 g/mol. The van der Waals surface area contributed by atoms with Gasteiger partial charge in [-0.15, -0.1) is 0 Å². The average molecular weight is 352 g/mol. The quantitative estimate of drug-likeness (QED) is 0.886. The van der Waals surface area contributed by atoms with Crippen LogP contribution in [0.3, 0.4) is 0 Å². The molecule has 2 aromatic carbocycles. The predicted molar refractivity (Wildman–Crippen MR) is 84.6 cm³/mol. The van der Waals surface area contributed by atoms with E-state index < -0.39 is 34.5 Å². The number of sulfonamides is 1. The van der Waals surface area contributed by atoms with Crippen molar-refractivity contribution >= 4 is 21.6 Å². The number of nitrogens with one attached hydrogen (secondary N) is 2. The second-order valence-corrected chi connectivity index (χ2v) is 7.14. The van der Waals surface area contributed by atoms with Gasteiger partial charge in [-0.05, 0) is 48.4 Å². The molecule has 1 heterocycles. The maximum atomic E-state index is 12.9. The molecular formula is C16H14F2N2O3S. The van der Waals surface area contributed by atoms with Crippen LogP contribution in [0.15, 0.2) is 47.4 Å². The number of hydrogen-bond donors (Lipinski definition) is 2.